The quantitative estimate of drug-likeness (QED) is 0.544. The van der Waals surface area contributed by atoms with E-state index in [4.69, 9.17) is 0 Å². The van der Waals surface area contributed by atoms with Crippen LogP contribution in [0.25, 0.3) is 0 Å². The number of thioether (sulfide) groups is 2. The fourth-order valence-electron chi connectivity index (χ4n) is 0.254. The third kappa shape index (κ3) is 4.56. The Kier molecular flexibility index (Phi) is 5.33. The van der Waals surface area contributed by atoms with E-state index in [9.17, 15) is 0 Å². The fraction of sp³-hybridized carbons (Fsp3) is 0.800. The molecule has 0 aliphatic heterocycles. The highest BCUT2D eigenvalue weighted by Gasteiger charge is 1.93. The molecule has 0 aliphatic rings. The van der Waals surface area contributed by atoms with Crippen LogP contribution in [-0.4, -0.2) is 16.6 Å². The molecule has 1 radical (unpaired) electrons. The lowest BCUT2D eigenvalue weighted by atomic mass is 10.9. The summed E-state index contributed by atoms with van der Waals surface area (Å²) in [6.45, 7) is 6.02. The van der Waals surface area contributed by atoms with E-state index >= 15 is 0 Å². The number of hydrogen-bond acceptors (Lipinski definition) is 2. The Labute approximate surface area is 54.4 Å². The molecule has 1 atom stereocenters. The Bertz CT molecular complexity index is 37.1. The molecule has 0 amide bonds. The van der Waals surface area contributed by atoms with Gasteiger partial charge < -0.3 is 0 Å². The summed E-state index contributed by atoms with van der Waals surface area (Å²) < 4.78 is 0.532. The van der Waals surface area contributed by atoms with Crippen molar-refractivity contribution in [2.24, 2.45) is 0 Å². The van der Waals surface area contributed by atoms with Crippen molar-refractivity contribution >= 4 is 23.5 Å². The molecule has 0 heterocycles. The van der Waals surface area contributed by atoms with Crippen LogP contribution in [0, 0.1) is 6.92 Å². The first-order valence-corrected chi connectivity index (χ1v) is 4.62. The first kappa shape index (κ1) is 7.70. The van der Waals surface area contributed by atoms with Crippen LogP contribution in [0.1, 0.15) is 6.92 Å². The van der Waals surface area contributed by atoms with Gasteiger partial charge in [0.2, 0.25) is 0 Å². The molecule has 0 fully saturated rings. The van der Waals surface area contributed by atoms with Crippen molar-refractivity contribution in [3.05, 3.63) is 6.92 Å². The maximum Gasteiger partial charge on any atom is 0.0500 e. The van der Waals surface area contributed by atoms with Crippen LogP contribution in [0.15, 0.2) is 0 Å². The van der Waals surface area contributed by atoms with Crippen molar-refractivity contribution in [3.63, 3.8) is 0 Å². The molecule has 2 heteroatoms. The van der Waals surface area contributed by atoms with Crippen molar-refractivity contribution in [2.75, 3.05) is 12.0 Å². The van der Waals surface area contributed by atoms with Gasteiger partial charge in [0.25, 0.3) is 0 Å². The van der Waals surface area contributed by atoms with E-state index in [2.05, 4.69) is 20.1 Å². The summed E-state index contributed by atoms with van der Waals surface area (Å²) in [6, 6.07) is 0. The zero-order chi connectivity index (χ0) is 5.70. The SMILES string of the molecule is [CH2]C(SC)SCC. The Morgan fingerprint density at radius 1 is 1.71 bits per heavy atom. The largest absolute Gasteiger partial charge is 0.151 e. The second-order valence-corrected chi connectivity index (χ2v) is 3.94. The van der Waals surface area contributed by atoms with E-state index in [1.54, 1.807) is 11.8 Å². The number of hydrogen-bond donors (Lipinski definition) is 0. The van der Waals surface area contributed by atoms with Crippen molar-refractivity contribution < 1.29 is 0 Å². The smallest absolute Gasteiger partial charge is 0.0500 e. The molecule has 0 saturated carbocycles. The summed E-state index contributed by atoms with van der Waals surface area (Å²) in [5, 5.41) is 0. The van der Waals surface area contributed by atoms with Crippen molar-refractivity contribution in [1.29, 1.82) is 0 Å². The topological polar surface area (TPSA) is 0 Å². The van der Waals surface area contributed by atoms with Gasteiger partial charge in [-0.25, -0.2) is 0 Å². The Morgan fingerprint density at radius 2 is 2.29 bits per heavy atom. The van der Waals surface area contributed by atoms with Gasteiger partial charge in [0.15, 0.2) is 0 Å². The van der Waals surface area contributed by atoms with Crippen LogP contribution < -0.4 is 0 Å². The second-order valence-electron chi connectivity index (χ2n) is 1.12. The van der Waals surface area contributed by atoms with Crippen LogP contribution in [-0.2, 0) is 0 Å². The summed E-state index contributed by atoms with van der Waals surface area (Å²) >= 11 is 3.68. The first-order chi connectivity index (χ1) is 3.31. The molecule has 0 rings (SSSR count). The normalized spacial score (nSPS) is 14.1. The molecule has 0 aromatic heterocycles. The number of rotatable bonds is 3. The Hall–Kier alpha value is 0.700. The molecule has 0 spiro atoms. The molecule has 43 valence electrons. The van der Waals surface area contributed by atoms with E-state index in [0.717, 1.165) is 0 Å². The standard InChI is InChI=1S/C5H11S2/c1-4-7-5(2)6-3/h5H,2,4H2,1,3H3. The lowest BCUT2D eigenvalue weighted by Crippen LogP contribution is -1.86. The van der Waals surface area contributed by atoms with Crippen molar-refractivity contribution in [2.45, 2.75) is 11.5 Å². The summed E-state index contributed by atoms with van der Waals surface area (Å²) in [7, 11) is 0. The molecule has 0 bridgehead atoms. The summed E-state index contributed by atoms with van der Waals surface area (Å²) in [5.41, 5.74) is 0. The van der Waals surface area contributed by atoms with E-state index in [1.165, 1.54) is 5.75 Å². The minimum absolute atomic E-state index is 0.532. The zero-order valence-electron chi connectivity index (χ0n) is 4.81. The predicted molar refractivity (Wildman–Crippen MR) is 40.8 cm³/mol. The molecule has 0 nitrogen and oxygen atoms in total. The maximum absolute atomic E-state index is 3.87. The van der Waals surface area contributed by atoms with Gasteiger partial charge in [-0.2, -0.15) is 11.8 Å². The third-order valence-electron chi connectivity index (χ3n) is 0.615. The van der Waals surface area contributed by atoms with Crippen LogP contribution in [0.4, 0.5) is 0 Å². The van der Waals surface area contributed by atoms with Gasteiger partial charge in [-0.05, 0) is 18.9 Å². The summed E-state index contributed by atoms with van der Waals surface area (Å²) in [4.78, 5) is 0. The van der Waals surface area contributed by atoms with Gasteiger partial charge in [-0.3, -0.25) is 0 Å². The lowest BCUT2D eigenvalue weighted by Gasteiger charge is -2.02. The summed E-state index contributed by atoms with van der Waals surface area (Å²) in [6.07, 6.45) is 2.08. The molecule has 0 saturated heterocycles. The predicted octanol–water partition coefficient (Wildman–Crippen LogP) is 2.26. The molecule has 7 heavy (non-hydrogen) atoms. The average molecular weight is 135 g/mol. The molecule has 0 aliphatic carbocycles. The van der Waals surface area contributed by atoms with E-state index in [0.29, 0.717) is 4.58 Å². The van der Waals surface area contributed by atoms with Crippen LogP contribution in [0.3, 0.4) is 0 Å². The van der Waals surface area contributed by atoms with Crippen molar-refractivity contribution in [3.8, 4) is 0 Å². The second kappa shape index (κ2) is 4.85. The highest BCUT2D eigenvalue weighted by atomic mass is 32.2. The monoisotopic (exact) mass is 135 g/mol. The van der Waals surface area contributed by atoms with Crippen LogP contribution in [0.2, 0.25) is 0 Å². The molecule has 1 unspecified atom stereocenters. The van der Waals surface area contributed by atoms with E-state index in [1.807, 2.05) is 11.8 Å². The Balaban J connectivity index is 2.83. The zero-order valence-corrected chi connectivity index (χ0v) is 6.44. The lowest BCUT2D eigenvalue weighted by molar-refractivity contribution is 1.50. The third-order valence-corrected chi connectivity index (χ3v) is 2.83. The molecule has 0 aromatic carbocycles. The maximum atomic E-state index is 3.87. The minimum atomic E-state index is 0.532. The van der Waals surface area contributed by atoms with Gasteiger partial charge in [-0.1, -0.05) is 6.92 Å². The highest BCUT2D eigenvalue weighted by molar-refractivity contribution is 8.16. The highest BCUT2D eigenvalue weighted by Crippen LogP contribution is 2.18. The van der Waals surface area contributed by atoms with Crippen LogP contribution in [0.5, 0.6) is 0 Å². The first-order valence-electron chi connectivity index (χ1n) is 2.28. The van der Waals surface area contributed by atoms with Gasteiger partial charge in [-0.15, -0.1) is 11.8 Å². The van der Waals surface area contributed by atoms with E-state index < -0.39 is 0 Å². The summed E-state index contributed by atoms with van der Waals surface area (Å²) in [5.74, 6) is 1.18. The molecule has 0 N–H and O–H groups in total. The van der Waals surface area contributed by atoms with Gasteiger partial charge >= 0.3 is 0 Å². The van der Waals surface area contributed by atoms with Crippen molar-refractivity contribution in [1.82, 2.24) is 0 Å². The fourth-order valence-corrected chi connectivity index (χ4v) is 1.58. The molecular formula is C5H11S2. The average Bonchev–Trinajstić information content (AvgIpc) is 1.68. The van der Waals surface area contributed by atoms with Gasteiger partial charge in [0.05, 0.1) is 0 Å². The van der Waals surface area contributed by atoms with E-state index in [-0.39, 0.29) is 0 Å². The van der Waals surface area contributed by atoms with Crippen LogP contribution >= 0.6 is 23.5 Å². The minimum Gasteiger partial charge on any atom is -0.151 e. The Morgan fingerprint density at radius 3 is 2.43 bits per heavy atom. The molecular weight excluding hydrogens is 124 g/mol. The molecule has 0 aromatic rings. The van der Waals surface area contributed by atoms with Gasteiger partial charge in [0.1, 0.15) is 0 Å². The van der Waals surface area contributed by atoms with Gasteiger partial charge in [0, 0.05) is 4.58 Å².